The van der Waals surface area contributed by atoms with Crippen LogP contribution < -0.4 is 10.1 Å². The molecule has 1 aromatic carbocycles. The summed E-state index contributed by atoms with van der Waals surface area (Å²) in [7, 11) is 1.94. The van der Waals surface area contributed by atoms with Gasteiger partial charge in [-0.25, -0.2) is 4.68 Å². The van der Waals surface area contributed by atoms with Crippen LogP contribution in [0.15, 0.2) is 24.3 Å². The van der Waals surface area contributed by atoms with E-state index >= 15 is 0 Å². The van der Waals surface area contributed by atoms with Gasteiger partial charge in [-0.3, -0.25) is 0 Å². The summed E-state index contributed by atoms with van der Waals surface area (Å²) in [6.07, 6.45) is 2.56. The second-order valence-electron chi connectivity index (χ2n) is 4.53. The summed E-state index contributed by atoms with van der Waals surface area (Å²) in [5, 5.41) is 8.91. The molecule has 1 aliphatic heterocycles. The Morgan fingerprint density at radius 2 is 2.29 bits per heavy atom. The van der Waals surface area contributed by atoms with Crippen molar-refractivity contribution in [3.8, 4) is 5.88 Å². The Morgan fingerprint density at radius 1 is 1.41 bits per heavy atom. The number of aryl methyl sites for hydroxylation is 1. The van der Waals surface area contributed by atoms with E-state index in [9.17, 15) is 0 Å². The van der Waals surface area contributed by atoms with Crippen LogP contribution in [0.25, 0.3) is 10.9 Å². The molecular formula is C13H17N3O. The monoisotopic (exact) mass is 231 g/mol. The molecule has 0 bridgehead atoms. The standard InChI is InChI=1S/C13H17N3O/c1-16-13(17-10-5-4-8-14-9-10)11-6-2-3-7-12(11)15-16/h2-3,6-7,10,14H,4-5,8-9H2,1H3. The van der Waals surface area contributed by atoms with Crippen LogP contribution in [0, 0.1) is 0 Å². The van der Waals surface area contributed by atoms with Crippen LogP contribution in [-0.2, 0) is 7.05 Å². The van der Waals surface area contributed by atoms with Crippen molar-refractivity contribution < 1.29 is 4.74 Å². The molecular weight excluding hydrogens is 214 g/mol. The largest absolute Gasteiger partial charge is 0.473 e. The maximum Gasteiger partial charge on any atom is 0.219 e. The van der Waals surface area contributed by atoms with Gasteiger partial charge >= 0.3 is 0 Å². The first-order valence-corrected chi connectivity index (χ1v) is 6.14. The number of fused-ring (bicyclic) bond motifs is 1. The van der Waals surface area contributed by atoms with E-state index in [1.54, 1.807) is 0 Å². The molecule has 1 aromatic heterocycles. The van der Waals surface area contributed by atoms with Crippen molar-refractivity contribution in [2.45, 2.75) is 18.9 Å². The first kappa shape index (κ1) is 10.6. The molecule has 1 fully saturated rings. The van der Waals surface area contributed by atoms with Gasteiger partial charge in [-0.05, 0) is 31.5 Å². The Hall–Kier alpha value is -1.55. The number of hydrogen-bond donors (Lipinski definition) is 1. The number of aromatic nitrogens is 2. The second kappa shape index (κ2) is 4.37. The molecule has 1 N–H and O–H groups in total. The van der Waals surface area contributed by atoms with Gasteiger partial charge in [0.2, 0.25) is 5.88 Å². The fourth-order valence-electron chi connectivity index (χ4n) is 2.34. The van der Waals surface area contributed by atoms with Crippen molar-refractivity contribution in [3.63, 3.8) is 0 Å². The zero-order chi connectivity index (χ0) is 11.7. The quantitative estimate of drug-likeness (QED) is 0.855. The third-order valence-corrected chi connectivity index (χ3v) is 3.22. The van der Waals surface area contributed by atoms with Crippen LogP contribution >= 0.6 is 0 Å². The van der Waals surface area contributed by atoms with Crippen LogP contribution in [0.4, 0.5) is 0 Å². The first-order valence-electron chi connectivity index (χ1n) is 6.14. The Bertz CT molecular complexity index is 514. The minimum absolute atomic E-state index is 0.266. The van der Waals surface area contributed by atoms with Crippen LogP contribution in [-0.4, -0.2) is 29.0 Å². The molecule has 4 nitrogen and oxygen atoms in total. The molecule has 0 spiro atoms. The SMILES string of the molecule is Cn1nc2ccccc2c1OC1CCCNC1. The van der Waals surface area contributed by atoms with Crippen molar-refractivity contribution >= 4 is 10.9 Å². The van der Waals surface area contributed by atoms with E-state index in [-0.39, 0.29) is 6.10 Å². The summed E-state index contributed by atoms with van der Waals surface area (Å²) in [4.78, 5) is 0. The predicted molar refractivity (Wildman–Crippen MR) is 67.2 cm³/mol. The number of benzene rings is 1. The number of nitrogens with one attached hydrogen (secondary N) is 1. The Balaban J connectivity index is 1.90. The maximum absolute atomic E-state index is 6.08. The van der Waals surface area contributed by atoms with Crippen molar-refractivity contribution in [3.05, 3.63) is 24.3 Å². The van der Waals surface area contributed by atoms with Gasteiger partial charge in [-0.2, -0.15) is 5.10 Å². The minimum Gasteiger partial charge on any atom is -0.473 e. The fraction of sp³-hybridized carbons (Fsp3) is 0.462. The van der Waals surface area contributed by atoms with Gasteiger partial charge in [0.1, 0.15) is 6.10 Å². The van der Waals surface area contributed by atoms with E-state index in [2.05, 4.69) is 16.5 Å². The molecule has 0 saturated carbocycles. The third kappa shape index (κ3) is 2.00. The zero-order valence-electron chi connectivity index (χ0n) is 10.0. The molecule has 1 unspecified atom stereocenters. The fourth-order valence-corrected chi connectivity index (χ4v) is 2.34. The average Bonchev–Trinajstić information content (AvgIpc) is 2.68. The number of rotatable bonds is 2. The number of ether oxygens (including phenoxy) is 1. The normalized spacial score (nSPS) is 20.6. The third-order valence-electron chi connectivity index (χ3n) is 3.22. The lowest BCUT2D eigenvalue weighted by atomic mass is 10.1. The van der Waals surface area contributed by atoms with E-state index in [0.717, 1.165) is 36.3 Å². The van der Waals surface area contributed by atoms with Gasteiger partial charge in [-0.1, -0.05) is 12.1 Å². The summed E-state index contributed by atoms with van der Waals surface area (Å²) in [6.45, 7) is 2.03. The molecule has 3 rings (SSSR count). The van der Waals surface area contributed by atoms with E-state index < -0.39 is 0 Å². The second-order valence-corrected chi connectivity index (χ2v) is 4.53. The highest BCUT2D eigenvalue weighted by Crippen LogP contribution is 2.26. The van der Waals surface area contributed by atoms with Crippen molar-refractivity contribution in [1.82, 2.24) is 15.1 Å². The summed E-state index contributed by atoms with van der Waals surface area (Å²) in [6, 6.07) is 8.10. The molecule has 2 aromatic rings. The number of piperidine rings is 1. The van der Waals surface area contributed by atoms with E-state index in [1.165, 1.54) is 6.42 Å². The molecule has 17 heavy (non-hydrogen) atoms. The van der Waals surface area contributed by atoms with Crippen LogP contribution in [0.3, 0.4) is 0 Å². The van der Waals surface area contributed by atoms with E-state index in [4.69, 9.17) is 4.74 Å². The summed E-state index contributed by atoms with van der Waals surface area (Å²) in [5.74, 6) is 0.884. The molecule has 0 aliphatic carbocycles. The van der Waals surface area contributed by atoms with Crippen LogP contribution in [0.1, 0.15) is 12.8 Å². The zero-order valence-corrected chi connectivity index (χ0v) is 10.0. The Kier molecular flexibility index (Phi) is 2.73. The van der Waals surface area contributed by atoms with Gasteiger partial charge < -0.3 is 10.1 Å². The van der Waals surface area contributed by atoms with Gasteiger partial charge in [0.05, 0.1) is 10.9 Å². The topological polar surface area (TPSA) is 39.1 Å². The van der Waals surface area contributed by atoms with Crippen molar-refractivity contribution in [2.24, 2.45) is 7.05 Å². The molecule has 1 saturated heterocycles. The first-order chi connectivity index (χ1) is 8.34. The van der Waals surface area contributed by atoms with Crippen molar-refractivity contribution in [2.75, 3.05) is 13.1 Å². The highest BCUT2D eigenvalue weighted by atomic mass is 16.5. The van der Waals surface area contributed by atoms with Crippen LogP contribution in [0.5, 0.6) is 5.88 Å². The summed E-state index contributed by atoms with van der Waals surface area (Å²) >= 11 is 0. The Morgan fingerprint density at radius 3 is 3.12 bits per heavy atom. The minimum atomic E-state index is 0.266. The molecule has 4 heteroatoms. The van der Waals surface area contributed by atoms with Gasteiger partial charge in [0, 0.05) is 13.6 Å². The number of nitrogens with zero attached hydrogens (tertiary/aromatic N) is 2. The highest BCUT2D eigenvalue weighted by molar-refractivity contribution is 5.84. The van der Waals surface area contributed by atoms with Gasteiger partial charge in [0.25, 0.3) is 0 Å². The smallest absolute Gasteiger partial charge is 0.219 e. The maximum atomic E-state index is 6.08. The Labute approximate surface area is 101 Å². The predicted octanol–water partition coefficient (Wildman–Crippen LogP) is 1.70. The van der Waals surface area contributed by atoms with Crippen molar-refractivity contribution in [1.29, 1.82) is 0 Å². The molecule has 90 valence electrons. The molecule has 1 aliphatic rings. The van der Waals surface area contributed by atoms with E-state index in [1.807, 2.05) is 29.9 Å². The lowest BCUT2D eigenvalue weighted by molar-refractivity contribution is 0.155. The molecule has 2 heterocycles. The number of hydrogen-bond acceptors (Lipinski definition) is 3. The highest BCUT2D eigenvalue weighted by Gasteiger charge is 2.18. The average molecular weight is 231 g/mol. The van der Waals surface area contributed by atoms with Gasteiger partial charge in [-0.15, -0.1) is 0 Å². The lowest BCUT2D eigenvalue weighted by Crippen LogP contribution is -2.37. The molecule has 1 atom stereocenters. The summed E-state index contributed by atoms with van der Waals surface area (Å²) < 4.78 is 7.91. The molecule has 0 amide bonds. The lowest BCUT2D eigenvalue weighted by Gasteiger charge is -2.23. The summed E-state index contributed by atoms with van der Waals surface area (Å²) in [5.41, 5.74) is 0.994. The molecule has 0 radical (unpaired) electrons. The van der Waals surface area contributed by atoms with Gasteiger partial charge in [0.15, 0.2) is 0 Å². The van der Waals surface area contributed by atoms with E-state index in [0.29, 0.717) is 0 Å². The van der Waals surface area contributed by atoms with Crippen LogP contribution in [0.2, 0.25) is 0 Å².